The summed E-state index contributed by atoms with van der Waals surface area (Å²) in [5, 5.41) is 9.69. The number of ether oxygens (including phenoxy) is 3. The van der Waals surface area contributed by atoms with Gasteiger partial charge in [-0.2, -0.15) is 0 Å². The molecule has 50 heavy (non-hydrogen) atoms. The first-order valence-corrected chi connectivity index (χ1v) is 16.6. The molecule has 11 nitrogen and oxygen atoms in total. The molecule has 0 aliphatic carbocycles. The van der Waals surface area contributed by atoms with E-state index >= 15 is 0 Å². The highest BCUT2D eigenvalue weighted by atomic mass is 35.5. The van der Waals surface area contributed by atoms with Gasteiger partial charge in [0.1, 0.15) is 28.1 Å². The molecule has 262 valence electrons. The van der Waals surface area contributed by atoms with Crippen LogP contribution in [0.25, 0.3) is 21.9 Å². The van der Waals surface area contributed by atoms with Crippen molar-refractivity contribution in [3.05, 3.63) is 99.5 Å². The Bertz CT molecular complexity index is 2080. The molecule has 3 aromatic carbocycles. The second kappa shape index (κ2) is 14.4. The number of furan rings is 1. The number of carbonyl (C=O) groups is 3. The minimum atomic E-state index is -2.17. The fourth-order valence-corrected chi connectivity index (χ4v) is 5.56. The van der Waals surface area contributed by atoms with Crippen molar-refractivity contribution < 1.29 is 33.0 Å². The molecule has 0 saturated carbocycles. The predicted molar refractivity (Wildman–Crippen MR) is 188 cm³/mol. The molecule has 0 radical (unpaired) electrons. The summed E-state index contributed by atoms with van der Waals surface area (Å²) in [6.07, 6.45) is -0.409. The number of hydrogen-bond acceptors (Lipinski definition) is 10. The van der Waals surface area contributed by atoms with Crippen molar-refractivity contribution in [3.8, 4) is 5.75 Å². The molecule has 0 amide bonds. The minimum Gasteiger partial charge on any atom is -0.493 e. The molecule has 5 aromatic rings. The minimum absolute atomic E-state index is 0.0765. The van der Waals surface area contributed by atoms with Gasteiger partial charge >= 0.3 is 11.9 Å². The van der Waals surface area contributed by atoms with E-state index in [1.54, 1.807) is 84.0 Å². The standard InChI is InChI=1S/C38H40ClN3O8/c1-36(2,3)49-34(45)38(35(46)50-37(4,5)6,18-19-42-33(44)27-12-8-10-14-29(27)40-41-42)23-30(43)32-22-25-21-26(15-16-31(25)48-32)47-20-17-24-11-7-9-13-28(24)39/h7-16,21-22H,17-20,23H2,1-6H3. The van der Waals surface area contributed by atoms with Gasteiger partial charge in [-0.3, -0.25) is 19.2 Å². The zero-order valence-electron chi connectivity index (χ0n) is 28.9. The molecule has 0 aliphatic rings. The van der Waals surface area contributed by atoms with E-state index in [-0.39, 0.29) is 18.7 Å². The second-order valence-corrected chi connectivity index (χ2v) is 14.5. The Morgan fingerprint density at radius 1 is 0.860 bits per heavy atom. The maximum Gasteiger partial charge on any atom is 0.324 e. The number of halogens is 1. The van der Waals surface area contributed by atoms with Crippen LogP contribution in [0, 0.1) is 5.41 Å². The number of aromatic nitrogens is 3. The van der Waals surface area contributed by atoms with Crippen LogP contribution in [-0.2, 0) is 32.0 Å². The smallest absolute Gasteiger partial charge is 0.324 e. The molecular formula is C38H40ClN3O8. The Balaban J connectivity index is 1.45. The van der Waals surface area contributed by atoms with Crippen molar-refractivity contribution in [1.29, 1.82) is 0 Å². The van der Waals surface area contributed by atoms with E-state index in [1.165, 1.54) is 6.07 Å². The number of Topliss-reactive ketones (excluding diaryl/α,β-unsaturated/α-hetero) is 1. The molecule has 12 heteroatoms. The summed E-state index contributed by atoms with van der Waals surface area (Å²) in [6, 6.07) is 20.9. The molecule has 2 aromatic heterocycles. The summed E-state index contributed by atoms with van der Waals surface area (Å²) in [5.41, 5.74) is -2.91. The highest BCUT2D eigenvalue weighted by Gasteiger charge is 2.53. The lowest BCUT2D eigenvalue weighted by Crippen LogP contribution is -2.49. The van der Waals surface area contributed by atoms with Gasteiger partial charge in [0.05, 0.1) is 12.0 Å². The monoisotopic (exact) mass is 701 g/mol. The summed E-state index contributed by atoms with van der Waals surface area (Å²) in [5.74, 6) is -2.11. The first-order chi connectivity index (χ1) is 23.5. The summed E-state index contributed by atoms with van der Waals surface area (Å²) in [4.78, 5) is 55.5. The largest absolute Gasteiger partial charge is 0.493 e. The number of ketones is 1. The third kappa shape index (κ3) is 8.57. The highest BCUT2D eigenvalue weighted by molar-refractivity contribution is 6.31. The number of esters is 2. The second-order valence-electron chi connectivity index (χ2n) is 14.1. The molecule has 0 N–H and O–H groups in total. The van der Waals surface area contributed by atoms with E-state index in [1.807, 2.05) is 24.3 Å². The number of hydrogen-bond donors (Lipinski definition) is 0. The molecule has 0 bridgehead atoms. The van der Waals surface area contributed by atoms with Crippen LogP contribution in [-0.4, -0.2) is 50.5 Å². The Labute approximate surface area is 294 Å². The molecule has 0 spiro atoms. The van der Waals surface area contributed by atoms with Gasteiger partial charge in [0.15, 0.2) is 17.0 Å². The van der Waals surface area contributed by atoms with E-state index in [4.69, 9.17) is 30.2 Å². The maximum atomic E-state index is 14.1. The quantitative estimate of drug-likeness (QED) is 0.0749. The Kier molecular flexibility index (Phi) is 10.5. The van der Waals surface area contributed by atoms with E-state index in [0.717, 1.165) is 10.2 Å². The van der Waals surface area contributed by atoms with Crippen LogP contribution in [0.2, 0.25) is 5.02 Å². The average Bonchev–Trinajstić information content (AvgIpc) is 3.47. The Morgan fingerprint density at radius 2 is 1.52 bits per heavy atom. The summed E-state index contributed by atoms with van der Waals surface area (Å²) >= 11 is 6.26. The number of nitrogens with zero attached hydrogens (tertiary/aromatic N) is 3. The lowest BCUT2D eigenvalue weighted by atomic mass is 9.78. The van der Waals surface area contributed by atoms with E-state index < -0.39 is 46.3 Å². The van der Waals surface area contributed by atoms with E-state index in [9.17, 15) is 19.2 Å². The highest BCUT2D eigenvalue weighted by Crippen LogP contribution is 2.37. The Hall–Kier alpha value is -5.03. The van der Waals surface area contributed by atoms with Gasteiger partial charge in [-0.25, -0.2) is 4.68 Å². The van der Waals surface area contributed by atoms with Gasteiger partial charge in [0.25, 0.3) is 5.56 Å². The fourth-order valence-electron chi connectivity index (χ4n) is 5.33. The molecule has 0 atom stereocenters. The van der Waals surface area contributed by atoms with E-state index in [2.05, 4.69) is 10.3 Å². The van der Waals surface area contributed by atoms with Gasteiger partial charge in [-0.05, 0) is 96.0 Å². The number of fused-ring (bicyclic) bond motifs is 2. The number of carbonyl (C=O) groups excluding carboxylic acids is 3. The van der Waals surface area contributed by atoms with Crippen LogP contribution in [0.4, 0.5) is 0 Å². The summed E-state index contributed by atoms with van der Waals surface area (Å²) in [7, 11) is 0. The fraction of sp³-hybridized carbons (Fsp3) is 0.368. The zero-order valence-corrected chi connectivity index (χ0v) is 29.7. The molecule has 0 aliphatic heterocycles. The topological polar surface area (TPSA) is 140 Å². The van der Waals surface area contributed by atoms with Crippen LogP contribution >= 0.6 is 11.6 Å². The first-order valence-electron chi connectivity index (χ1n) is 16.3. The lowest BCUT2D eigenvalue weighted by Gasteiger charge is -2.34. The summed E-state index contributed by atoms with van der Waals surface area (Å²) < 4.78 is 24.4. The lowest BCUT2D eigenvalue weighted by molar-refractivity contribution is -0.186. The van der Waals surface area contributed by atoms with Crippen LogP contribution < -0.4 is 10.3 Å². The number of rotatable bonds is 12. The van der Waals surface area contributed by atoms with Crippen molar-refractivity contribution >= 4 is 51.2 Å². The van der Waals surface area contributed by atoms with Gasteiger partial charge in [0.2, 0.25) is 0 Å². The predicted octanol–water partition coefficient (Wildman–Crippen LogP) is 7.15. The third-order valence-electron chi connectivity index (χ3n) is 7.78. The van der Waals surface area contributed by atoms with Crippen LogP contribution in [0.15, 0.2) is 82.0 Å². The van der Waals surface area contributed by atoms with Crippen molar-refractivity contribution in [3.63, 3.8) is 0 Å². The molecule has 5 rings (SSSR count). The molecule has 2 heterocycles. The number of aryl methyl sites for hydroxylation is 1. The normalized spacial score (nSPS) is 12.2. The van der Waals surface area contributed by atoms with Crippen molar-refractivity contribution in [2.45, 2.75) is 78.6 Å². The van der Waals surface area contributed by atoms with Crippen LogP contribution in [0.3, 0.4) is 0 Å². The number of benzene rings is 3. The van der Waals surface area contributed by atoms with Gasteiger partial charge < -0.3 is 18.6 Å². The van der Waals surface area contributed by atoms with E-state index in [0.29, 0.717) is 45.7 Å². The molecule has 0 fully saturated rings. The zero-order chi connectivity index (χ0) is 36.3. The van der Waals surface area contributed by atoms with Gasteiger partial charge in [-0.1, -0.05) is 47.1 Å². The van der Waals surface area contributed by atoms with Crippen LogP contribution in [0.5, 0.6) is 5.75 Å². The molecular weight excluding hydrogens is 662 g/mol. The van der Waals surface area contributed by atoms with Crippen molar-refractivity contribution in [2.75, 3.05) is 6.61 Å². The van der Waals surface area contributed by atoms with Gasteiger partial charge in [0, 0.05) is 29.8 Å². The van der Waals surface area contributed by atoms with Crippen molar-refractivity contribution in [2.24, 2.45) is 5.41 Å². The maximum absolute atomic E-state index is 14.1. The SMILES string of the molecule is CC(C)(C)OC(=O)C(CCn1nnc2ccccc2c1=O)(CC(=O)c1cc2cc(OCCc3ccccc3Cl)ccc2o1)C(=O)OC(C)(C)C. The first kappa shape index (κ1) is 36.3. The van der Waals surface area contributed by atoms with Crippen LogP contribution in [0.1, 0.15) is 70.5 Å². The Morgan fingerprint density at radius 3 is 2.20 bits per heavy atom. The summed E-state index contributed by atoms with van der Waals surface area (Å²) in [6.45, 7) is 10.0. The molecule has 0 saturated heterocycles. The molecule has 0 unspecified atom stereocenters. The van der Waals surface area contributed by atoms with Crippen molar-refractivity contribution in [1.82, 2.24) is 15.0 Å². The van der Waals surface area contributed by atoms with Gasteiger partial charge in [-0.15, -0.1) is 5.10 Å². The average molecular weight is 702 g/mol. The third-order valence-corrected chi connectivity index (χ3v) is 8.15.